The molecule has 0 saturated carbocycles. The molecule has 0 radical (unpaired) electrons. The van der Waals surface area contributed by atoms with Crippen LogP contribution in [-0.2, 0) is 11.3 Å². The van der Waals surface area contributed by atoms with E-state index < -0.39 is 11.3 Å². The Bertz CT molecular complexity index is 334. The first kappa shape index (κ1) is 10.8. The zero-order chi connectivity index (χ0) is 10.7. The normalized spacial score (nSPS) is 21.4. The van der Waals surface area contributed by atoms with Crippen molar-refractivity contribution < 1.29 is 8.76 Å². The molecule has 1 heterocycles. The Morgan fingerprint density at radius 1 is 1.20 bits per heavy atom. The molecule has 1 fully saturated rings. The monoisotopic (exact) mass is 225 g/mol. The summed E-state index contributed by atoms with van der Waals surface area (Å²) in [5.41, 5.74) is 1.35. The molecule has 0 bridgehead atoms. The van der Waals surface area contributed by atoms with Crippen LogP contribution in [0.25, 0.3) is 0 Å². The third-order valence-corrected chi connectivity index (χ3v) is 3.75. The highest BCUT2D eigenvalue weighted by Crippen LogP contribution is 2.27. The van der Waals surface area contributed by atoms with Gasteiger partial charge < -0.3 is 0 Å². The van der Waals surface area contributed by atoms with Crippen LogP contribution < -0.4 is 0 Å². The molecule has 0 amide bonds. The molecule has 1 atom stereocenters. The van der Waals surface area contributed by atoms with E-state index in [4.69, 9.17) is 4.55 Å². The molecule has 15 heavy (non-hydrogen) atoms. The number of benzene rings is 1. The van der Waals surface area contributed by atoms with Crippen molar-refractivity contribution in [2.45, 2.75) is 18.8 Å². The average molecular weight is 225 g/mol. The summed E-state index contributed by atoms with van der Waals surface area (Å²) in [7, 11) is 0. The molecule has 0 aliphatic carbocycles. The molecule has 1 aromatic carbocycles. The lowest BCUT2D eigenvalue weighted by molar-refractivity contribution is 0.313. The van der Waals surface area contributed by atoms with E-state index in [1.807, 2.05) is 18.2 Å². The Morgan fingerprint density at radius 3 is 2.33 bits per heavy atom. The molecule has 1 saturated heterocycles. The second-order valence-corrected chi connectivity index (χ2v) is 4.82. The van der Waals surface area contributed by atoms with Gasteiger partial charge in [-0.1, -0.05) is 30.3 Å². The van der Waals surface area contributed by atoms with Crippen LogP contribution in [0.15, 0.2) is 30.3 Å². The van der Waals surface area contributed by atoms with Gasteiger partial charge in [0.05, 0.1) is 0 Å². The molecule has 4 heteroatoms. The van der Waals surface area contributed by atoms with E-state index in [1.54, 1.807) is 4.31 Å². The van der Waals surface area contributed by atoms with E-state index in [-0.39, 0.29) is 0 Å². The van der Waals surface area contributed by atoms with Gasteiger partial charge in [-0.3, -0.25) is 4.55 Å². The number of nitrogens with zero attached hydrogens (tertiary/aromatic N) is 1. The number of hydrogen-bond donors (Lipinski definition) is 1. The number of piperidine rings is 1. The lowest BCUT2D eigenvalue weighted by Gasteiger charge is -2.29. The largest absolute Gasteiger partial charge is 0.294 e. The zero-order valence-electron chi connectivity index (χ0n) is 8.50. The lowest BCUT2D eigenvalue weighted by atomic mass is 9.90. The predicted octanol–water partition coefficient (Wildman–Crippen LogP) is 2.00. The minimum atomic E-state index is -1.79. The molecule has 2 rings (SSSR count). The van der Waals surface area contributed by atoms with Crippen molar-refractivity contribution in [2.75, 3.05) is 13.1 Å². The summed E-state index contributed by atoms with van der Waals surface area (Å²) in [5.74, 6) is 0.547. The van der Waals surface area contributed by atoms with Crippen molar-refractivity contribution in [1.82, 2.24) is 4.31 Å². The van der Waals surface area contributed by atoms with E-state index in [9.17, 15) is 4.21 Å². The second kappa shape index (κ2) is 4.88. The first-order valence-electron chi connectivity index (χ1n) is 5.18. The van der Waals surface area contributed by atoms with Crippen molar-refractivity contribution in [1.29, 1.82) is 0 Å². The molecule has 1 aromatic rings. The van der Waals surface area contributed by atoms with Gasteiger partial charge in [-0.05, 0) is 24.3 Å². The molecule has 82 valence electrons. The molecule has 1 aliphatic rings. The highest BCUT2D eigenvalue weighted by Gasteiger charge is 2.22. The molecular formula is C11H15NO2S. The lowest BCUT2D eigenvalue weighted by Crippen LogP contribution is -2.34. The van der Waals surface area contributed by atoms with Crippen molar-refractivity contribution in [2.24, 2.45) is 0 Å². The summed E-state index contributed by atoms with van der Waals surface area (Å²) >= 11 is -1.79. The Morgan fingerprint density at radius 2 is 1.80 bits per heavy atom. The summed E-state index contributed by atoms with van der Waals surface area (Å²) in [6, 6.07) is 10.4. The van der Waals surface area contributed by atoms with Gasteiger partial charge in [-0.2, -0.15) is 0 Å². The van der Waals surface area contributed by atoms with Gasteiger partial charge >= 0.3 is 0 Å². The van der Waals surface area contributed by atoms with E-state index in [2.05, 4.69) is 12.1 Å². The van der Waals surface area contributed by atoms with Crippen LogP contribution in [0.2, 0.25) is 0 Å². The van der Waals surface area contributed by atoms with Gasteiger partial charge in [0.15, 0.2) is 0 Å². The summed E-state index contributed by atoms with van der Waals surface area (Å²) in [6.45, 7) is 1.42. The van der Waals surface area contributed by atoms with Crippen LogP contribution >= 0.6 is 0 Å². The highest BCUT2D eigenvalue weighted by molar-refractivity contribution is 7.76. The minimum absolute atomic E-state index is 0.547. The van der Waals surface area contributed by atoms with Gasteiger partial charge in [-0.25, -0.2) is 8.51 Å². The van der Waals surface area contributed by atoms with E-state index in [0.29, 0.717) is 19.0 Å². The van der Waals surface area contributed by atoms with Gasteiger partial charge in [0.25, 0.3) is 0 Å². The molecular weight excluding hydrogens is 210 g/mol. The first-order valence-corrected chi connectivity index (χ1v) is 6.24. The maximum Gasteiger partial charge on any atom is 0.234 e. The van der Waals surface area contributed by atoms with Crippen molar-refractivity contribution in [3.63, 3.8) is 0 Å². The second-order valence-electron chi connectivity index (χ2n) is 3.84. The number of hydrogen-bond acceptors (Lipinski definition) is 1. The van der Waals surface area contributed by atoms with Crippen LogP contribution in [0.1, 0.15) is 24.3 Å². The summed E-state index contributed by atoms with van der Waals surface area (Å²) in [6.07, 6.45) is 1.94. The van der Waals surface area contributed by atoms with Crippen molar-refractivity contribution in [3.05, 3.63) is 35.9 Å². The fourth-order valence-electron chi connectivity index (χ4n) is 2.07. The minimum Gasteiger partial charge on any atom is -0.294 e. The average Bonchev–Trinajstić information content (AvgIpc) is 2.30. The first-order chi connectivity index (χ1) is 7.27. The van der Waals surface area contributed by atoms with Gasteiger partial charge in [0.2, 0.25) is 11.3 Å². The Labute approximate surface area is 92.5 Å². The Kier molecular flexibility index (Phi) is 3.51. The quantitative estimate of drug-likeness (QED) is 0.782. The van der Waals surface area contributed by atoms with Crippen LogP contribution in [0.4, 0.5) is 0 Å². The van der Waals surface area contributed by atoms with E-state index in [0.717, 1.165) is 12.8 Å². The maximum atomic E-state index is 10.8. The summed E-state index contributed by atoms with van der Waals surface area (Å²) < 4.78 is 21.4. The third-order valence-electron chi connectivity index (χ3n) is 2.95. The van der Waals surface area contributed by atoms with Crippen molar-refractivity contribution in [3.8, 4) is 0 Å². The highest BCUT2D eigenvalue weighted by atomic mass is 32.2. The molecule has 1 unspecified atom stereocenters. The molecule has 1 aliphatic heterocycles. The molecule has 0 spiro atoms. The van der Waals surface area contributed by atoms with E-state index >= 15 is 0 Å². The molecule has 3 nitrogen and oxygen atoms in total. The molecule has 1 N–H and O–H groups in total. The van der Waals surface area contributed by atoms with Crippen LogP contribution in [0.5, 0.6) is 0 Å². The summed E-state index contributed by atoms with van der Waals surface area (Å²) in [5, 5.41) is 0. The Balaban J connectivity index is 1.97. The molecule has 0 aromatic heterocycles. The third kappa shape index (κ3) is 2.65. The zero-order valence-corrected chi connectivity index (χ0v) is 9.32. The fourth-order valence-corrected chi connectivity index (χ4v) is 2.59. The van der Waals surface area contributed by atoms with Crippen molar-refractivity contribution >= 4 is 11.3 Å². The van der Waals surface area contributed by atoms with Crippen LogP contribution in [0, 0.1) is 0 Å². The predicted molar refractivity (Wildman–Crippen MR) is 60.8 cm³/mol. The van der Waals surface area contributed by atoms with Crippen LogP contribution in [0.3, 0.4) is 0 Å². The van der Waals surface area contributed by atoms with E-state index in [1.165, 1.54) is 5.56 Å². The Hall–Kier alpha value is -0.710. The number of rotatable bonds is 2. The van der Waals surface area contributed by atoms with Gasteiger partial charge in [0.1, 0.15) is 0 Å². The smallest absolute Gasteiger partial charge is 0.234 e. The van der Waals surface area contributed by atoms with Gasteiger partial charge in [-0.15, -0.1) is 0 Å². The standard InChI is InChI=1S/C11H15NO2S/c13-15(14)12-8-6-11(7-9-12)10-4-2-1-3-5-10/h1-5,11H,6-9H2,(H,13,14). The SMILES string of the molecule is O=S(O)N1CCC(c2ccccc2)CC1. The van der Waals surface area contributed by atoms with Crippen LogP contribution in [-0.4, -0.2) is 26.2 Å². The fraction of sp³-hybridized carbons (Fsp3) is 0.455. The van der Waals surface area contributed by atoms with Gasteiger partial charge in [0, 0.05) is 13.1 Å². The topological polar surface area (TPSA) is 40.5 Å². The maximum absolute atomic E-state index is 10.8. The summed E-state index contributed by atoms with van der Waals surface area (Å²) in [4.78, 5) is 0.